The molecule has 8 aromatic carbocycles. The van der Waals surface area contributed by atoms with Crippen molar-refractivity contribution in [2.45, 2.75) is 0 Å². The van der Waals surface area contributed by atoms with Crippen molar-refractivity contribution in [2.24, 2.45) is 0 Å². The maximum absolute atomic E-state index is 4.62. The summed E-state index contributed by atoms with van der Waals surface area (Å²) in [6.45, 7) is 0. The average molecular weight is 1510 g/mol. The molecule has 61 heavy (non-hydrogen) atoms. The van der Waals surface area contributed by atoms with E-state index in [1.165, 1.54) is 34.1 Å². The molecule has 0 saturated heterocycles. The van der Waals surface area contributed by atoms with Crippen LogP contribution in [0.3, 0.4) is 0 Å². The van der Waals surface area contributed by atoms with Gasteiger partial charge in [0.15, 0.2) is 0 Å². The Kier molecular flexibility index (Phi) is 21.5. The van der Waals surface area contributed by atoms with E-state index in [0.29, 0.717) is 58.0 Å². The molecule has 12 aromatic rings. The Balaban J connectivity index is 0.000000174. The van der Waals surface area contributed by atoms with Gasteiger partial charge in [-0.25, -0.2) is 0 Å². The van der Waals surface area contributed by atoms with Crippen molar-refractivity contribution in [1.29, 1.82) is 0 Å². The number of hydrogen-bond donors (Lipinski definition) is 0. The van der Waals surface area contributed by atoms with Crippen LogP contribution in [0.15, 0.2) is 194 Å². The van der Waals surface area contributed by atoms with Gasteiger partial charge in [0.2, 0.25) is 0 Å². The first kappa shape index (κ1) is 51.6. The Morgan fingerprint density at radius 3 is 0.443 bits per heavy atom. The van der Waals surface area contributed by atoms with Gasteiger partial charge in [-0.15, -0.1) is 0 Å². The van der Waals surface area contributed by atoms with Crippen LogP contribution in [-0.4, -0.2) is 83.4 Å². The van der Waals surface area contributed by atoms with Crippen molar-refractivity contribution in [3.63, 3.8) is 0 Å². The molecule has 4 aromatic heterocycles. The summed E-state index contributed by atoms with van der Waals surface area (Å²) in [6.07, 6.45) is 0. The van der Waals surface area contributed by atoms with E-state index in [0.717, 1.165) is 44.1 Å². The quantitative estimate of drug-likeness (QED) is 0.101. The van der Waals surface area contributed by atoms with Crippen molar-refractivity contribution in [1.82, 2.24) is 19.9 Å². The number of hydrogen-bond acceptors (Lipinski definition) is 4. The van der Waals surface area contributed by atoms with E-state index >= 15 is 0 Å². The van der Waals surface area contributed by atoms with Crippen LogP contribution in [0.4, 0.5) is 0 Å². The molecule has 0 radical (unpaired) electrons. The molecule has 0 unspecified atom stereocenters. The van der Waals surface area contributed by atoms with Gasteiger partial charge in [-0.1, -0.05) is 0 Å². The molecule has 0 spiro atoms. The molecule has 0 aliphatic carbocycles. The maximum atomic E-state index is 4.62. The summed E-state index contributed by atoms with van der Waals surface area (Å²) >= 11 is 1.70. The van der Waals surface area contributed by atoms with Crippen LogP contribution in [-0.2, 0) is 0 Å². The van der Waals surface area contributed by atoms with Crippen molar-refractivity contribution in [3.05, 3.63) is 194 Å². The second kappa shape index (κ2) is 25.4. The minimum absolute atomic E-state index is 0. The molecule has 13 heteroatoms. The Morgan fingerprint density at radius 1 is 0.197 bits per heavy atom. The number of rotatable bonds is 0. The van der Waals surface area contributed by atoms with E-state index in [1.807, 2.05) is 48.5 Å². The predicted octanol–water partition coefficient (Wildman–Crippen LogP) is -1.90. The Morgan fingerprint density at radius 2 is 0.311 bits per heavy atom. The van der Waals surface area contributed by atoms with Crippen molar-refractivity contribution in [2.75, 3.05) is 0 Å². The van der Waals surface area contributed by atoms with E-state index in [-0.39, 0.29) is 101 Å². The fraction of sp³-hybridized carbons (Fsp3) is 0. The molecule has 0 bridgehead atoms. The molecule has 4 heterocycles. The molecular formula is C48H34I4N4OSe4. The van der Waals surface area contributed by atoms with E-state index in [1.54, 1.807) is 0 Å². The fourth-order valence-electron chi connectivity index (χ4n) is 6.08. The zero-order valence-electron chi connectivity index (χ0n) is 31.9. The summed E-state index contributed by atoms with van der Waals surface area (Å²) in [5, 5.41) is 0. The molecule has 0 fully saturated rings. The molecule has 5 nitrogen and oxygen atoms in total. The topological polar surface area (TPSA) is 83.1 Å². The van der Waals surface area contributed by atoms with Crippen LogP contribution in [0, 0.1) is 0 Å². The van der Waals surface area contributed by atoms with Crippen LogP contribution in [0.5, 0.6) is 0 Å². The first-order valence-electron chi connectivity index (χ1n) is 18.0. The predicted molar refractivity (Wildman–Crippen MR) is 246 cm³/mol. The number of para-hydroxylation sites is 8. The number of halogens is 4. The monoisotopic (exact) mass is 1510 g/mol. The summed E-state index contributed by atoms with van der Waals surface area (Å²) in [7, 11) is 0. The third-order valence-corrected chi connectivity index (χ3v) is 18.3. The van der Waals surface area contributed by atoms with Gasteiger partial charge in [0.05, 0.1) is 0 Å². The van der Waals surface area contributed by atoms with E-state index < -0.39 is 0 Å². The molecule has 0 amide bonds. The van der Waals surface area contributed by atoms with Gasteiger partial charge in [-0.2, -0.15) is 0 Å². The van der Waals surface area contributed by atoms with Crippen molar-refractivity contribution < 1.29 is 101 Å². The summed E-state index contributed by atoms with van der Waals surface area (Å²) < 4.78 is 11.1. The van der Waals surface area contributed by atoms with Crippen molar-refractivity contribution >= 4 is 136 Å². The standard InChI is InChI=1S/4C12H8NSe.4HI.H2O/c4*1-3-7-11-9(5-1)13-10-6-2-4-8-12(10)14-11;;;;;/h4*1-8H;4*1H;1H2/q4*+1;;;;;/p-4. The summed E-state index contributed by atoms with van der Waals surface area (Å²) in [6, 6.07) is 67.2. The summed E-state index contributed by atoms with van der Waals surface area (Å²) in [5.74, 6) is 0. The zero-order valence-corrected chi connectivity index (χ0v) is 47.4. The van der Waals surface area contributed by atoms with Crippen molar-refractivity contribution in [3.8, 4) is 0 Å². The number of fused-ring (bicyclic) bond motifs is 8. The van der Waals surface area contributed by atoms with Gasteiger partial charge >= 0.3 is 350 Å². The van der Waals surface area contributed by atoms with Gasteiger partial charge in [-0.05, 0) is 0 Å². The SMILES string of the molecule is O.[I-].[I-].[I-].[I-].c1ccc2[se+]c3ccccc3nc2c1.c1ccc2[se+]c3ccccc3nc2c1.c1ccc2[se+]c3ccccc3nc2c1.c1ccc2[se+]c3ccccc3nc2c1. The molecule has 304 valence electrons. The Labute approximate surface area is 445 Å². The minimum atomic E-state index is 0. The second-order valence-electron chi connectivity index (χ2n) is 12.6. The van der Waals surface area contributed by atoms with Crippen LogP contribution < -0.4 is 95.9 Å². The normalized spacial score (nSPS) is 9.97. The Hall–Kier alpha value is -2.08. The fourth-order valence-corrected chi connectivity index (χ4v) is 14.2. The Bertz CT molecular complexity index is 2470. The summed E-state index contributed by atoms with van der Waals surface area (Å²) in [5.41, 5.74) is 9.16. The van der Waals surface area contributed by atoms with Gasteiger partial charge in [0.25, 0.3) is 0 Å². The summed E-state index contributed by atoms with van der Waals surface area (Å²) in [4.78, 5) is 18.5. The zero-order chi connectivity index (χ0) is 37.5. The van der Waals surface area contributed by atoms with Gasteiger partial charge in [0, 0.05) is 0 Å². The van der Waals surface area contributed by atoms with Gasteiger partial charge < -0.3 is 101 Å². The number of aromatic nitrogens is 4. The first-order chi connectivity index (χ1) is 27.7. The number of benzene rings is 8. The molecule has 0 atom stereocenters. The molecule has 0 saturated carbocycles. The second-order valence-corrected chi connectivity index (χ2v) is 21.7. The number of nitrogens with zero attached hydrogens (tertiary/aromatic N) is 4. The third-order valence-electron chi connectivity index (χ3n) is 8.77. The van der Waals surface area contributed by atoms with Crippen LogP contribution in [0.2, 0.25) is 0 Å². The molecule has 2 N–H and O–H groups in total. The molecule has 0 aliphatic rings. The van der Waals surface area contributed by atoms with Gasteiger partial charge in [0.1, 0.15) is 0 Å². The van der Waals surface area contributed by atoms with Gasteiger partial charge in [-0.3, -0.25) is 0 Å². The third kappa shape index (κ3) is 13.0. The molecule has 0 aliphatic heterocycles. The van der Waals surface area contributed by atoms with E-state index in [2.05, 4.69) is 166 Å². The first-order valence-corrected chi connectivity index (χ1v) is 24.9. The van der Waals surface area contributed by atoms with E-state index in [9.17, 15) is 0 Å². The molecular weight excluding hydrogens is 1470 g/mol. The van der Waals surface area contributed by atoms with E-state index in [4.69, 9.17) is 0 Å². The van der Waals surface area contributed by atoms with Crippen LogP contribution >= 0.6 is 0 Å². The van der Waals surface area contributed by atoms with Crippen LogP contribution in [0.25, 0.3) is 78.2 Å². The molecule has 12 rings (SSSR count). The average Bonchev–Trinajstić information content (AvgIpc) is 3.27. The van der Waals surface area contributed by atoms with Crippen LogP contribution in [0.1, 0.15) is 0 Å².